The van der Waals surface area contributed by atoms with E-state index in [1.807, 2.05) is 0 Å². The van der Waals surface area contributed by atoms with Crippen molar-refractivity contribution < 1.29 is 17.9 Å². The molecule has 0 aliphatic carbocycles. The van der Waals surface area contributed by atoms with Crippen molar-refractivity contribution in [3.05, 3.63) is 30.3 Å². The molecule has 0 heterocycles. The maximum Gasteiger partial charge on any atom is 0.313 e. The smallest absolute Gasteiger partial charge is 0.313 e. The third kappa shape index (κ3) is 3.02. The summed E-state index contributed by atoms with van der Waals surface area (Å²) in [6, 6.07) is 7.03. The van der Waals surface area contributed by atoms with Gasteiger partial charge in [0.05, 0.1) is 4.90 Å². The van der Waals surface area contributed by atoms with Crippen LogP contribution in [-0.4, -0.2) is 24.1 Å². The molecule has 0 bridgehead atoms. The van der Waals surface area contributed by atoms with E-state index in [0.29, 0.717) is 0 Å². The summed E-state index contributed by atoms with van der Waals surface area (Å²) in [7, 11) is -4.43. The van der Waals surface area contributed by atoms with Gasteiger partial charge in [0.15, 0.2) is 0 Å². The lowest BCUT2D eigenvalue weighted by Crippen LogP contribution is -2.41. The first kappa shape index (κ1) is 15.4. The minimum Gasteiger partial charge on any atom is -0.387 e. The van der Waals surface area contributed by atoms with Gasteiger partial charge in [-0.2, -0.15) is 0 Å². The maximum absolute atomic E-state index is 14.2. The molecule has 18 heavy (non-hydrogen) atoms. The second kappa shape index (κ2) is 5.55. The summed E-state index contributed by atoms with van der Waals surface area (Å²) in [6.07, 6.45) is -1.81. The Labute approximate surface area is 112 Å². The van der Waals surface area contributed by atoms with E-state index in [1.165, 1.54) is 24.3 Å². The van der Waals surface area contributed by atoms with Crippen LogP contribution in [0.1, 0.15) is 20.3 Å². The summed E-state index contributed by atoms with van der Waals surface area (Å²) in [6.45, 7) is 3.48. The van der Waals surface area contributed by atoms with Crippen LogP contribution in [0.25, 0.3) is 0 Å². The van der Waals surface area contributed by atoms with Crippen LogP contribution >= 0.6 is 11.6 Å². The lowest BCUT2D eigenvalue weighted by Gasteiger charge is -2.25. The van der Waals surface area contributed by atoms with Crippen LogP contribution in [0.2, 0.25) is 0 Å². The van der Waals surface area contributed by atoms with E-state index in [4.69, 9.17) is 11.6 Å². The summed E-state index contributed by atoms with van der Waals surface area (Å²) in [4.78, 5) is -0.245. The van der Waals surface area contributed by atoms with Gasteiger partial charge in [-0.15, -0.1) is 0 Å². The molecule has 1 rings (SSSR count). The highest BCUT2D eigenvalue weighted by Gasteiger charge is 2.50. The molecule has 0 saturated carbocycles. The van der Waals surface area contributed by atoms with Crippen LogP contribution in [0, 0.1) is 5.92 Å². The number of hydrogen-bond donors (Lipinski definition) is 1. The summed E-state index contributed by atoms with van der Waals surface area (Å²) in [5, 5.41) is 9.66. The molecule has 1 aromatic rings. The van der Waals surface area contributed by atoms with Crippen molar-refractivity contribution in [3.8, 4) is 0 Å². The normalized spacial score (nSPS) is 17.4. The molecule has 1 aromatic carbocycles. The second-order valence-electron chi connectivity index (χ2n) is 4.52. The molecule has 0 amide bonds. The Morgan fingerprint density at radius 2 is 1.83 bits per heavy atom. The van der Waals surface area contributed by atoms with E-state index in [2.05, 4.69) is 0 Å². The van der Waals surface area contributed by atoms with Crippen molar-refractivity contribution in [2.75, 3.05) is 0 Å². The van der Waals surface area contributed by atoms with Crippen molar-refractivity contribution in [1.82, 2.24) is 0 Å². The standard InChI is InChI=1S/C12H16ClFO3S/c1-9(2)8-11(15)12(13,14)18(16,17)10-6-4-3-5-7-10/h3-7,9,11,15H,8H2,1-2H3. The highest BCUT2D eigenvalue weighted by Crippen LogP contribution is 2.36. The Hall–Kier alpha value is -0.650. The van der Waals surface area contributed by atoms with Crippen LogP contribution in [0.5, 0.6) is 0 Å². The number of aliphatic hydroxyl groups excluding tert-OH is 1. The number of halogens is 2. The van der Waals surface area contributed by atoms with Crippen molar-refractivity contribution in [2.45, 2.75) is 35.7 Å². The molecule has 0 fully saturated rings. The van der Waals surface area contributed by atoms with E-state index in [-0.39, 0.29) is 17.2 Å². The van der Waals surface area contributed by atoms with Crippen LogP contribution in [0.3, 0.4) is 0 Å². The highest BCUT2D eigenvalue weighted by atomic mass is 35.5. The van der Waals surface area contributed by atoms with Gasteiger partial charge in [-0.1, -0.05) is 43.6 Å². The minimum atomic E-state index is -4.43. The maximum atomic E-state index is 14.2. The van der Waals surface area contributed by atoms with E-state index in [9.17, 15) is 17.9 Å². The third-order valence-corrected chi connectivity index (χ3v) is 5.24. The zero-order valence-corrected chi connectivity index (χ0v) is 11.7. The van der Waals surface area contributed by atoms with Gasteiger partial charge in [0.25, 0.3) is 0 Å². The third-order valence-electron chi connectivity index (χ3n) is 2.49. The van der Waals surface area contributed by atoms with Crippen LogP contribution in [-0.2, 0) is 9.84 Å². The minimum absolute atomic E-state index is 0.0357. The Morgan fingerprint density at radius 3 is 2.28 bits per heavy atom. The van der Waals surface area contributed by atoms with Gasteiger partial charge in [-0.05, 0) is 24.5 Å². The number of rotatable bonds is 5. The van der Waals surface area contributed by atoms with Crippen molar-refractivity contribution in [1.29, 1.82) is 0 Å². The predicted octanol–water partition coefficient (Wildman–Crippen LogP) is 2.73. The summed E-state index contributed by atoms with van der Waals surface area (Å²) in [5.41, 5.74) is 0. The SMILES string of the molecule is CC(C)CC(O)C(F)(Cl)S(=O)(=O)c1ccccc1. The zero-order chi connectivity index (χ0) is 14.0. The first-order valence-electron chi connectivity index (χ1n) is 5.55. The largest absolute Gasteiger partial charge is 0.387 e. The Bertz CT molecular complexity index is 485. The van der Waals surface area contributed by atoms with Gasteiger partial charge in [-0.3, -0.25) is 0 Å². The lowest BCUT2D eigenvalue weighted by molar-refractivity contribution is 0.0771. The molecule has 0 spiro atoms. The van der Waals surface area contributed by atoms with E-state index < -0.39 is 20.4 Å². The number of alkyl halides is 2. The fourth-order valence-corrected chi connectivity index (χ4v) is 3.16. The van der Waals surface area contributed by atoms with Gasteiger partial charge in [0, 0.05) is 0 Å². The monoisotopic (exact) mass is 294 g/mol. The average molecular weight is 295 g/mol. The van der Waals surface area contributed by atoms with Crippen molar-refractivity contribution >= 4 is 21.4 Å². The Balaban J connectivity index is 3.11. The first-order valence-corrected chi connectivity index (χ1v) is 7.41. The van der Waals surface area contributed by atoms with E-state index in [0.717, 1.165) is 0 Å². The molecule has 2 unspecified atom stereocenters. The molecule has 3 nitrogen and oxygen atoms in total. The van der Waals surface area contributed by atoms with E-state index >= 15 is 0 Å². The molecular formula is C12H16ClFO3S. The second-order valence-corrected chi connectivity index (χ2v) is 7.37. The van der Waals surface area contributed by atoms with Crippen LogP contribution < -0.4 is 0 Å². The van der Waals surface area contributed by atoms with E-state index in [1.54, 1.807) is 19.9 Å². The Kier molecular flexibility index (Phi) is 4.75. The number of hydrogen-bond acceptors (Lipinski definition) is 3. The first-order chi connectivity index (χ1) is 8.19. The zero-order valence-electron chi connectivity index (χ0n) is 10.2. The molecule has 6 heteroatoms. The Morgan fingerprint density at radius 1 is 1.33 bits per heavy atom. The van der Waals surface area contributed by atoms with Gasteiger partial charge in [-0.25, -0.2) is 12.8 Å². The quantitative estimate of drug-likeness (QED) is 0.850. The molecule has 2 atom stereocenters. The number of benzene rings is 1. The fraction of sp³-hybridized carbons (Fsp3) is 0.500. The van der Waals surface area contributed by atoms with Gasteiger partial charge >= 0.3 is 4.46 Å². The van der Waals surface area contributed by atoms with Crippen LogP contribution in [0.15, 0.2) is 35.2 Å². The summed E-state index contributed by atoms with van der Waals surface area (Å²) in [5.74, 6) is -0.0696. The highest BCUT2D eigenvalue weighted by molar-refractivity contribution is 7.94. The van der Waals surface area contributed by atoms with Crippen LogP contribution in [0.4, 0.5) is 4.39 Å². The summed E-state index contributed by atoms with van der Waals surface area (Å²) < 4.78 is 35.0. The summed E-state index contributed by atoms with van der Waals surface area (Å²) >= 11 is 5.45. The topological polar surface area (TPSA) is 54.4 Å². The van der Waals surface area contributed by atoms with Crippen molar-refractivity contribution in [2.24, 2.45) is 5.92 Å². The van der Waals surface area contributed by atoms with Gasteiger partial charge in [0.1, 0.15) is 6.10 Å². The van der Waals surface area contributed by atoms with Gasteiger partial charge in [0.2, 0.25) is 9.84 Å². The molecule has 1 N–H and O–H groups in total. The fourth-order valence-electron chi connectivity index (χ4n) is 1.52. The molecule has 102 valence electrons. The van der Waals surface area contributed by atoms with Crippen molar-refractivity contribution in [3.63, 3.8) is 0 Å². The number of aliphatic hydroxyl groups is 1. The number of sulfone groups is 1. The lowest BCUT2D eigenvalue weighted by atomic mass is 10.1. The molecule has 0 saturated heterocycles. The molecule has 0 aliphatic heterocycles. The van der Waals surface area contributed by atoms with Gasteiger partial charge < -0.3 is 5.11 Å². The predicted molar refractivity (Wildman–Crippen MR) is 68.8 cm³/mol. The average Bonchev–Trinajstić information content (AvgIpc) is 2.29. The molecule has 0 aliphatic rings. The molecular weight excluding hydrogens is 279 g/mol. The molecule has 0 radical (unpaired) electrons. The molecule has 0 aromatic heterocycles.